The van der Waals surface area contributed by atoms with Crippen molar-refractivity contribution in [2.45, 2.75) is 44.8 Å². The Kier molecular flexibility index (Phi) is 4.11. The molecule has 0 saturated carbocycles. The normalized spacial score (nSPS) is 23.9. The van der Waals surface area contributed by atoms with Gasteiger partial charge in [-0.15, -0.1) is 22.0 Å². The molecule has 1 aromatic rings. The fraction of sp³-hybridized carbons (Fsp3) is 0.615. The lowest BCUT2D eigenvalue weighted by Gasteiger charge is -2.48. The SMILES string of the molecule is Cc1nnn(CC2=C(C(=O)OC(C)C)N3C(=O)C(N)[C@H]3SC2)n1. The van der Waals surface area contributed by atoms with E-state index in [0.717, 1.165) is 5.57 Å². The first-order valence-corrected chi connectivity index (χ1v) is 8.31. The third-order valence-corrected chi connectivity index (χ3v) is 4.87. The van der Waals surface area contributed by atoms with E-state index >= 15 is 0 Å². The van der Waals surface area contributed by atoms with Gasteiger partial charge in [0.1, 0.15) is 17.1 Å². The van der Waals surface area contributed by atoms with Gasteiger partial charge in [0.05, 0.1) is 12.6 Å². The number of carbonyl (C=O) groups excluding carboxylic acids is 2. The number of esters is 1. The summed E-state index contributed by atoms with van der Waals surface area (Å²) in [5.41, 5.74) is 6.81. The van der Waals surface area contributed by atoms with E-state index in [2.05, 4.69) is 15.4 Å². The number of nitrogens with two attached hydrogens (primary N) is 1. The lowest BCUT2D eigenvalue weighted by molar-refractivity contribution is -0.153. The van der Waals surface area contributed by atoms with Crippen molar-refractivity contribution >= 4 is 23.6 Å². The van der Waals surface area contributed by atoms with Crippen LogP contribution in [0.4, 0.5) is 0 Å². The Balaban J connectivity index is 1.94. The van der Waals surface area contributed by atoms with Crippen molar-refractivity contribution < 1.29 is 14.3 Å². The highest BCUT2D eigenvalue weighted by atomic mass is 32.2. The molecule has 1 saturated heterocycles. The molecule has 1 aromatic heterocycles. The zero-order valence-corrected chi connectivity index (χ0v) is 13.9. The van der Waals surface area contributed by atoms with Crippen LogP contribution < -0.4 is 5.73 Å². The highest BCUT2D eigenvalue weighted by Gasteiger charge is 2.52. The second kappa shape index (κ2) is 5.93. The van der Waals surface area contributed by atoms with Gasteiger partial charge in [0.15, 0.2) is 5.82 Å². The summed E-state index contributed by atoms with van der Waals surface area (Å²) in [6, 6.07) is -0.574. The summed E-state index contributed by atoms with van der Waals surface area (Å²) in [4.78, 5) is 27.4. The third kappa shape index (κ3) is 2.83. The molecule has 0 bridgehead atoms. The number of aryl methyl sites for hydroxylation is 1. The summed E-state index contributed by atoms with van der Waals surface area (Å²) in [5.74, 6) is 0.321. The number of amides is 1. The number of tetrazole rings is 1. The first-order valence-electron chi connectivity index (χ1n) is 7.26. The van der Waals surface area contributed by atoms with Crippen LogP contribution in [-0.2, 0) is 20.9 Å². The van der Waals surface area contributed by atoms with Gasteiger partial charge < -0.3 is 10.5 Å². The van der Waals surface area contributed by atoms with Gasteiger partial charge in [0, 0.05) is 5.75 Å². The van der Waals surface area contributed by atoms with Crippen molar-refractivity contribution in [3.05, 3.63) is 17.1 Å². The molecule has 2 aliphatic heterocycles. The predicted molar refractivity (Wildman–Crippen MR) is 81.9 cm³/mol. The molecule has 0 radical (unpaired) electrons. The van der Waals surface area contributed by atoms with Crippen LogP contribution in [-0.4, -0.2) is 60.3 Å². The van der Waals surface area contributed by atoms with Crippen molar-refractivity contribution in [2.75, 3.05) is 5.75 Å². The Bertz CT molecular complexity index is 685. The highest BCUT2D eigenvalue weighted by Crippen LogP contribution is 2.40. The number of carbonyl (C=O) groups is 2. The number of thioether (sulfide) groups is 1. The third-order valence-electron chi connectivity index (χ3n) is 3.51. The summed E-state index contributed by atoms with van der Waals surface area (Å²) in [5, 5.41) is 11.6. The first kappa shape index (κ1) is 15.9. The summed E-state index contributed by atoms with van der Waals surface area (Å²) >= 11 is 1.52. The number of ether oxygens (including phenoxy) is 1. The maximum atomic E-state index is 12.5. The number of nitrogens with zero attached hydrogens (tertiary/aromatic N) is 5. The minimum absolute atomic E-state index is 0.216. The number of rotatable bonds is 4. The second-order valence-corrected chi connectivity index (χ2v) is 6.81. The number of hydrogen-bond donors (Lipinski definition) is 1. The summed E-state index contributed by atoms with van der Waals surface area (Å²) in [7, 11) is 0. The van der Waals surface area contributed by atoms with E-state index in [9.17, 15) is 9.59 Å². The van der Waals surface area contributed by atoms with Gasteiger partial charge in [-0.2, -0.15) is 4.80 Å². The number of fused-ring (bicyclic) bond motifs is 1. The lowest BCUT2D eigenvalue weighted by Crippen LogP contribution is -2.68. The molecule has 0 aliphatic carbocycles. The number of β-lactam (4-membered cyclic amide) rings is 1. The second-order valence-electron chi connectivity index (χ2n) is 5.71. The van der Waals surface area contributed by atoms with E-state index in [0.29, 0.717) is 11.6 Å². The molecule has 124 valence electrons. The predicted octanol–water partition coefficient (Wildman–Crippen LogP) is -0.570. The molecule has 3 heterocycles. The van der Waals surface area contributed by atoms with Crippen LogP contribution in [0.2, 0.25) is 0 Å². The van der Waals surface area contributed by atoms with Crippen molar-refractivity contribution in [2.24, 2.45) is 5.73 Å². The summed E-state index contributed by atoms with van der Waals surface area (Å²) in [6.45, 7) is 5.54. The molecule has 2 aliphatic rings. The highest BCUT2D eigenvalue weighted by molar-refractivity contribution is 8.00. The molecule has 2 atom stereocenters. The van der Waals surface area contributed by atoms with Gasteiger partial charge >= 0.3 is 5.97 Å². The minimum Gasteiger partial charge on any atom is -0.458 e. The quantitative estimate of drug-likeness (QED) is 0.573. The van der Waals surface area contributed by atoms with Gasteiger partial charge in [0.2, 0.25) is 5.91 Å². The zero-order valence-electron chi connectivity index (χ0n) is 13.1. The van der Waals surface area contributed by atoms with Crippen LogP contribution in [0.1, 0.15) is 19.7 Å². The Morgan fingerprint density at radius 2 is 2.26 bits per heavy atom. The van der Waals surface area contributed by atoms with Gasteiger partial charge in [-0.05, 0) is 31.6 Å². The van der Waals surface area contributed by atoms with E-state index in [4.69, 9.17) is 10.5 Å². The van der Waals surface area contributed by atoms with Crippen LogP contribution in [0, 0.1) is 6.92 Å². The standard InChI is InChI=1S/C13H18N6O3S/c1-6(2)22-13(21)10-8(4-18-16-7(3)15-17-18)5-23-12-9(14)11(20)19(10)12/h6,9,12H,4-5,14H2,1-3H3/t9?,12-/m1/s1. The number of aromatic nitrogens is 4. The number of hydrogen-bond acceptors (Lipinski definition) is 8. The van der Waals surface area contributed by atoms with E-state index in [1.165, 1.54) is 21.5 Å². The van der Waals surface area contributed by atoms with E-state index < -0.39 is 12.0 Å². The largest absolute Gasteiger partial charge is 0.458 e. The summed E-state index contributed by atoms with van der Waals surface area (Å²) < 4.78 is 5.29. The average molecular weight is 338 g/mol. The molecule has 9 nitrogen and oxygen atoms in total. The minimum atomic E-state index is -0.574. The molecule has 10 heteroatoms. The molecule has 1 unspecified atom stereocenters. The van der Waals surface area contributed by atoms with E-state index in [1.54, 1.807) is 20.8 Å². The molecule has 1 fully saturated rings. The van der Waals surface area contributed by atoms with E-state index in [-0.39, 0.29) is 29.6 Å². The molecule has 23 heavy (non-hydrogen) atoms. The molecule has 2 N–H and O–H groups in total. The van der Waals surface area contributed by atoms with Crippen LogP contribution in [0.15, 0.2) is 11.3 Å². The first-order chi connectivity index (χ1) is 10.9. The molecule has 1 amide bonds. The Labute approximate surface area is 137 Å². The molecular formula is C13H18N6O3S. The average Bonchev–Trinajstić information content (AvgIpc) is 2.90. The molecular weight excluding hydrogens is 320 g/mol. The Morgan fingerprint density at radius 3 is 2.87 bits per heavy atom. The van der Waals surface area contributed by atoms with Crippen LogP contribution >= 0.6 is 11.8 Å². The van der Waals surface area contributed by atoms with Crippen LogP contribution in [0.25, 0.3) is 0 Å². The Hall–Kier alpha value is -1.94. The van der Waals surface area contributed by atoms with Crippen molar-refractivity contribution in [1.82, 2.24) is 25.1 Å². The topological polar surface area (TPSA) is 116 Å². The fourth-order valence-electron chi connectivity index (χ4n) is 2.52. The van der Waals surface area contributed by atoms with Crippen molar-refractivity contribution in [1.29, 1.82) is 0 Å². The molecule has 3 rings (SSSR count). The maximum Gasteiger partial charge on any atom is 0.355 e. The maximum absolute atomic E-state index is 12.5. The van der Waals surface area contributed by atoms with Gasteiger partial charge in [-0.25, -0.2) is 4.79 Å². The summed E-state index contributed by atoms with van der Waals surface area (Å²) in [6.07, 6.45) is -0.277. The van der Waals surface area contributed by atoms with Gasteiger partial charge in [-0.1, -0.05) is 0 Å². The van der Waals surface area contributed by atoms with Gasteiger partial charge in [-0.3, -0.25) is 9.69 Å². The smallest absolute Gasteiger partial charge is 0.355 e. The van der Waals surface area contributed by atoms with Crippen molar-refractivity contribution in [3.63, 3.8) is 0 Å². The zero-order chi connectivity index (χ0) is 16.7. The van der Waals surface area contributed by atoms with Crippen molar-refractivity contribution in [3.8, 4) is 0 Å². The van der Waals surface area contributed by atoms with E-state index in [1.807, 2.05) is 0 Å². The van der Waals surface area contributed by atoms with Crippen LogP contribution in [0.5, 0.6) is 0 Å². The van der Waals surface area contributed by atoms with Crippen LogP contribution in [0.3, 0.4) is 0 Å². The lowest BCUT2D eigenvalue weighted by atomic mass is 10.0. The fourth-order valence-corrected chi connectivity index (χ4v) is 3.80. The monoisotopic (exact) mass is 338 g/mol. The Morgan fingerprint density at radius 1 is 1.52 bits per heavy atom. The molecule has 0 aromatic carbocycles. The molecule has 0 spiro atoms. The van der Waals surface area contributed by atoms with Gasteiger partial charge in [0.25, 0.3) is 0 Å².